The Balaban J connectivity index is 0.00000507. The molecule has 0 aromatic carbocycles. The first kappa shape index (κ1) is 32.8. The van der Waals surface area contributed by atoms with Crippen molar-refractivity contribution in [3.8, 4) is 0 Å². The minimum Gasteiger partial charge on any atom is -0.462 e. The number of fused-ring (bicyclic) bond motifs is 1. The SMILES string of the molecule is C.CCC(C)(C)C(=O)O[C@H]1C[C@@H](C)C=C2C=C[C@H](C)[C@H](CC[C@@H]3C[C@@H](O[Si](C)(C)C(C)(C)C)CC(=O)O3)[C@H]21. The Morgan fingerprint density at radius 3 is 2.37 bits per heavy atom. The van der Waals surface area contributed by atoms with Crippen molar-refractivity contribution in [3.05, 3.63) is 23.8 Å². The van der Waals surface area contributed by atoms with Gasteiger partial charge in [-0.05, 0) is 81.0 Å². The van der Waals surface area contributed by atoms with E-state index < -0.39 is 13.7 Å². The second kappa shape index (κ2) is 12.4. The number of hydrogen-bond acceptors (Lipinski definition) is 5. The van der Waals surface area contributed by atoms with Gasteiger partial charge in [0.05, 0.1) is 17.9 Å². The zero-order chi connectivity index (χ0) is 27.8. The van der Waals surface area contributed by atoms with E-state index in [1.165, 1.54) is 5.57 Å². The van der Waals surface area contributed by atoms with E-state index in [1.54, 1.807) is 0 Å². The first-order valence-electron chi connectivity index (χ1n) is 14.5. The molecule has 0 unspecified atom stereocenters. The van der Waals surface area contributed by atoms with Crippen molar-refractivity contribution < 1.29 is 23.5 Å². The number of hydrogen-bond donors (Lipinski definition) is 0. The first-order chi connectivity index (χ1) is 17.0. The summed E-state index contributed by atoms with van der Waals surface area (Å²) in [5.41, 5.74) is 0.819. The lowest BCUT2D eigenvalue weighted by molar-refractivity contribution is -0.165. The average molecular weight is 549 g/mol. The summed E-state index contributed by atoms with van der Waals surface area (Å²) in [6.45, 7) is 21.6. The van der Waals surface area contributed by atoms with Crippen molar-refractivity contribution in [2.24, 2.45) is 29.1 Å². The standard InChI is InChI=1S/C31H52O5Si.CH4/c1-11-31(7,8)29(33)35-26-17-20(2)16-22-13-12-21(3)25(28(22)26)15-14-23-18-24(19-27(32)34-23)36-37(9,10)30(4,5)6;/h12-13,16,20-21,23-26,28H,11,14-15,17-19H2,1-10H3;1H4/t20-,21-,23+,24+,25-,26-,28-;/m0./s1. The summed E-state index contributed by atoms with van der Waals surface area (Å²) < 4.78 is 18.7. The highest BCUT2D eigenvalue weighted by Crippen LogP contribution is 2.46. The van der Waals surface area contributed by atoms with Crippen LogP contribution in [0.2, 0.25) is 18.1 Å². The summed E-state index contributed by atoms with van der Waals surface area (Å²) in [7, 11) is -1.96. The van der Waals surface area contributed by atoms with E-state index in [9.17, 15) is 9.59 Å². The number of rotatable bonds is 8. The van der Waals surface area contributed by atoms with Crippen LogP contribution in [-0.4, -0.2) is 38.6 Å². The van der Waals surface area contributed by atoms with Crippen LogP contribution in [0.5, 0.6) is 0 Å². The Hall–Kier alpha value is -1.40. The molecule has 2 aliphatic carbocycles. The van der Waals surface area contributed by atoms with E-state index >= 15 is 0 Å². The lowest BCUT2D eigenvalue weighted by Crippen LogP contribution is -2.47. The Bertz CT molecular complexity index is 896. The molecule has 0 aromatic heterocycles. The van der Waals surface area contributed by atoms with Gasteiger partial charge < -0.3 is 13.9 Å². The summed E-state index contributed by atoms with van der Waals surface area (Å²) in [6, 6.07) is 0. The first-order valence-corrected chi connectivity index (χ1v) is 17.4. The van der Waals surface area contributed by atoms with Gasteiger partial charge in [0.1, 0.15) is 12.2 Å². The van der Waals surface area contributed by atoms with E-state index in [-0.39, 0.29) is 48.6 Å². The van der Waals surface area contributed by atoms with Gasteiger partial charge in [-0.2, -0.15) is 0 Å². The quantitative estimate of drug-likeness (QED) is 0.226. The Morgan fingerprint density at radius 1 is 1.11 bits per heavy atom. The summed E-state index contributed by atoms with van der Waals surface area (Å²) in [5, 5.41) is 0.105. The summed E-state index contributed by atoms with van der Waals surface area (Å²) in [4.78, 5) is 25.6. The number of carbonyl (C=O) groups is 2. The van der Waals surface area contributed by atoms with Crippen LogP contribution in [0.1, 0.15) is 101 Å². The largest absolute Gasteiger partial charge is 0.462 e. The van der Waals surface area contributed by atoms with Gasteiger partial charge in [0, 0.05) is 12.3 Å². The molecule has 0 saturated carbocycles. The van der Waals surface area contributed by atoms with Gasteiger partial charge >= 0.3 is 11.9 Å². The molecule has 1 fully saturated rings. The number of allylic oxidation sites excluding steroid dienone is 3. The van der Waals surface area contributed by atoms with Crippen LogP contribution in [0, 0.1) is 29.1 Å². The van der Waals surface area contributed by atoms with Crippen LogP contribution < -0.4 is 0 Å². The molecular formula is C32H56O5Si. The summed E-state index contributed by atoms with van der Waals surface area (Å²) in [5.74, 6) is 1.03. The molecule has 0 aromatic rings. The van der Waals surface area contributed by atoms with Gasteiger partial charge in [-0.1, -0.05) is 67.2 Å². The molecule has 0 radical (unpaired) electrons. The van der Waals surface area contributed by atoms with E-state index in [4.69, 9.17) is 13.9 Å². The van der Waals surface area contributed by atoms with Crippen molar-refractivity contribution >= 4 is 20.3 Å². The molecule has 38 heavy (non-hydrogen) atoms. The highest BCUT2D eigenvalue weighted by molar-refractivity contribution is 6.74. The molecule has 1 saturated heterocycles. The predicted molar refractivity (Wildman–Crippen MR) is 158 cm³/mol. The predicted octanol–water partition coefficient (Wildman–Crippen LogP) is 8.25. The number of cyclic esters (lactones) is 1. The third-order valence-corrected chi connectivity index (χ3v) is 14.1. The van der Waals surface area contributed by atoms with Crippen molar-refractivity contribution in [1.29, 1.82) is 0 Å². The molecule has 7 atom stereocenters. The Morgan fingerprint density at radius 2 is 1.76 bits per heavy atom. The van der Waals surface area contributed by atoms with E-state index in [2.05, 4.69) is 65.9 Å². The third-order valence-electron chi connectivity index (χ3n) is 9.60. The topological polar surface area (TPSA) is 61.8 Å². The number of ether oxygens (including phenoxy) is 2. The molecule has 1 heterocycles. The second-order valence-corrected chi connectivity index (χ2v) is 18.9. The maximum absolute atomic E-state index is 13.1. The van der Waals surface area contributed by atoms with Crippen molar-refractivity contribution in [2.75, 3.05) is 0 Å². The molecule has 1 aliphatic heterocycles. The van der Waals surface area contributed by atoms with Gasteiger partial charge in [0.2, 0.25) is 0 Å². The van der Waals surface area contributed by atoms with Crippen molar-refractivity contribution in [1.82, 2.24) is 0 Å². The number of esters is 2. The van der Waals surface area contributed by atoms with Crippen LogP contribution in [-0.2, 0) is 23.5 Å². The van der Waals surface area contributed by atoms with Crippen LogP contribution in [0.15, 0.2) is 23.8 Å². The molecule has 0 spiro atoms. The normalized spacial score (nSPS) is 32.0. The van der Waals surface area contributed by atoms with Gasteiger partial charge in [-0.15, -0.1) is 0 Å². The van der Waals surface area contributed by atoms with Gasteiger partial charge in [0.15, 0.2) is 8.32 Å². The molecule has 0 N–H and O–H groups in total. The molecular weight excluding hydrogens is 492 g/mol. The summed E-state index contributed by atoms with van der Waals surface area (Å²) in [6.07, 6.45) is 11.1. The third kappa shape index (κ3) is 7.62. The lowest BCUT2D eigenvalue weighted by atomic mass is 9.65. The lowest BCUT2D eigenvalue weighted by Gasteiger charge is -2.44. The fraction of sp³-hybridized carbons (Fsp3) is 0.812. The van der Waals surface area contributed by atoms with Crippen LogP contribution in [0.4, 0.5) is 0 Å². The fourth-order valence-electron chi connectivity index (χ4n) is 5.75. The molecule has 0 amide bonds. The molecule has 5 nitrogen and oxygen atoms in total. The van der Waals surface area contributed by atoms with Gasteiger partial charge in [0.25, 0.3) is 0 Å². The molecule has 3 aliphatic rings. The molecule has 218 valence electrons. The number of carbonyl (C=O) groups excluding carboxylic acids is 2. The van der Waals surface area contributed by atoms with Crippen molar-refractivity contribution in [2.45, 2.75) is 138 Å². The fourth-order valence-corrected chi connectivity index (χ4v) is 7.11. The average Bonchev–Trinajstić information content (AvgIpc) is 2.77. The highest BCUT2D eigenvalue weighted by Gasteiger charge is 2.44. The second-order valence-electron chi connectivity index (χ2n) is 14.1. The van der Waals surface area contributed by atoms with Crippen LogP contribution in [0.25, 0.3) is 0 Å². The van der Waals surface area contributed by atoms with E-state index in [1.807, 2.05) is 20.8 Å². The maximum Gasteiger partial charge on any atom is 0.311 e. The highest BCUT2D eigenvalue weighted by atomic mass is 28.4. The van der Waals surface area contributed by atoms with Crippen molar-refractivity contribution in [3.63, 3.8) is 0 Å². The van der Waals surface area contributed by atoms with Gasteiger partial charge in [-0.25, -0.2) is 0 Å². The maximum atomic E-state index is 13.1. The Kier molecular flexibility index (Phi) is 10.7. The molecule has 0 bridgehead atoms. The molecule has 3 rings (SSSR count). The van der Waals surface area contributed by atoms with E-state index in [0.29, 0.717) is 24.2 Å². The monoisotopic (exact) mass is 548 g/mol. The zero-order valence-electron chi connectivity index (χ0n) is 25.1. The van der Waals surface area contributed by atoms with Crippen LogP contribution >= 0.6 is 0 Å². The van der Waals surface area contributed by atoms with Crippen LogP contribution in [0.3, 0.4) is 0 Å². The van der Waals surface area contributed by atoms with E-state index in [0.717, 1.165) is 32.1 Å². The zero-order valence-corrected chi connectivity index (χ0v) is 26.1. The van der Waals surface area contributed by atoms with Gasteiger partial charge in [-0.3, -0.25) is 9.59 Å². The summed E-state index contributed by atoms with van der Waals surface area (Å²) >= 11 is 0. The smallest absolute Gasteiger partial charge is 0.311 e. The minimum atomic E-state index is -1.96. The Labute approximate surface area is 234 Å². The molecule has 6 heteroatoms. The minimum absolute atomic E-state index is 0.